The van der Waals surface area contributed by atoms with E-state index in [9.17, 15) is 9.59 Å². The molecule has 0 N–H and O–H groups in total. The first-order valence-corrected chi connectivity index (χ1v) is 5.45. The van der Waals surface area contributed by atoms with Crippen LogP contribution in [0.2, 0.25) is 0 Å². The van der Waals surface area contributed by atoms with Crippen molar-refractivity contribution in [1.29, 1.82) is 0 Å². The van der Waals surface area contributed by atoms with E-state index in [-0.39, 0.29) is 23.1 Å². The molecule has 0 aliphatic heterocycles. The van der Waals surface area contributed by atoms with Gasteiger partial charge >= 0.3 is 5.97 Å². The number of hydrogen-bond donors (Lipinski definition) is 0. The molecule has 15 heavy (non-hydrogen) atoms. The molecular weight excluding hydrogens is 192 g/mol. The molecule has 0 aromatic rings. The van der Waals surface area contributed by atoms with E-state index in [0.29, 0.717) is 12.3 Å². The van der Waals surface area contributed by atoms with Crippen molar-refractivity contribution in [3.8, 4) is 0 Å². The molecule has 0 aromatic carbocycles. The molecule has 0 heterocycles. The number of ether oxygens (including phenoxy) is 1. The second-order valence-electron chi connectivity index (χ2n) is 5.17. The zero-order chi connectivity index (χ0) is 11.6. The van der Waals surface area contributed by atoms with Gasteiger partial charge in [0.1, 0.15) is 5.78 Å². The summed E-state index contributed by atoms with van der Waals surface area (Å²) in [5, 5.41) is 0. The number of Topliss-reactive ketones (excluding diaryl/α,β-unsaturated/α-hetero) is 1. The lowest BCUT2D eigenvalue weighted by Gasteiger charge is -2.50. The highest BCUT2D eigenvalue weighted by Gasteiger charge is 2.50. The molecule has 0 aromatic heterocycles. The number of hydrogen-bond acceptors (Lipinski definition) is 3. The van der Waals surface area contributed by atoms with Crippen molar-refractivity contribution in [2.45, 2.75) is 40.0 Å². The Labute approximate surface area is 91.2 Å². The highest BCUT2D eigenvalue weighted by atomic mass is 16.5. The van der Waals surface area contributed by atoms with Crippen molar-refractivity contribution < 1.29 is 14.3 Å². The maximum absolute atomic E-state index is 11.4. The van der Waals surface area contributed by atoms with Gasteiger partial charge in [-0.3, -0.25) is 4.79 Å². The van der Waals surface area contributed by atoms with E-state index >= 15 is 0 Å². The van der Waals surface area contributed by atoms with E-state index in [4.69, 9.17) is 4.74 Å². The molecule has 1 fully saturated rings. The average molecular weight is 212 g/mol. The summed E-state index contributed by atoms with van der Waals surface area (Å²) < 4.78 is 4.76. The molecule has 0 radical (unpaired) electrons. The van der Waals surface area contributed by atoms with Gasteiger partial charge in [-0.05, 0) is 31.1 Å². The molecule has 1 saturated carbocycles. The van der Waals surface area contributed by atoms with Crippen LogP contribution in [0.1, 0.15) is 40.0 Å². The Morgan fingerprint density at radius 2 is 2.00 bits per heavy atom. The number of carbonyl (C=O) groups excluding carboxylic acids is 2. The van der Waals surface area contributed by atoms with E-state index in [1.54, 1.807) is 6.92 Å². The smallest absolute Gasteiger partial charge is 0.308 e. The van der Waals surface area contributed by atoms with Crippen LogP contribution >= 0.6 is 0 Å². The average Bonchev–Trinajstić information content (AvgIpc) is 2.13. The van der Waals surface area contributed by atoms with Crippen LogP contribution < -0.4 is 0 Å². The number of carbonyl (C=O) groups is 2. The number of ketones is 1. The summed E-state index contributed by atoms with van der Waals surface area (Å²) >= 11 is 0. The lowest BCUT2D eigenvalue weighted by atomic mass is 9.54. The monoisotopic (exact) mass is 212 g/mol. The molecule has 3 heteroatoms. The summed E-state index contributed by atoms with van der Waals surface area (Å²) in [7, 11) is 1.43. The van der Waals surface area contributed by atoms with Crippen molar-refractivity contribution in [2.75, 3.05) is 7.11 Å². The van der Waals surface area contributed by atoms with Gasteiger partial charge in [-0.2, -0.15) is 0 Å². The fourth-order valence-electron chi connectivity index (χ4n) is 2.59. The van der Waals surface area contributed by atoms with Crippen molar-refractivity contribution in [3.05, 3.63) is 0 Å². The molecule has 86 valence electrons. The zero-order valence-corrected chi connectivity index (χ0v) is 10.0. The molecule has 0 amide bonds. The number of methoxy groups -OCH3 is 1. The zero-order valence-electron chi connectivity index (χ0n) is 10.0. The summed E-state index contributed by atoms with van der Waals surface area (Å²) in [5.41, 5.74) is 0.175. The van der Waals surface area contributed by atoms with Gasteiger partial charge in [0.05, 0.1) is 13.0 Å². The summed E-state index contributed by atoms with van der Waals surface area (Å²) in [6.07, 6.45) is 2.26. The summed E-state index contributed by atoms with van der Waals surface area (Å²) in [4.78, 5) is 22.4. The Hall–Kier alpha value is -0.860. The Morgan fingerprint density at radius 1 is 1.40 bits per heavy atom. The van der Waals surface area contributed by atoms with Crippen LogP contribution in [-0.4, -0.2) is 18.9 Å². The van der Waals surface area contributed by atoms with Crippen LogP contribution in [0, 0.1) is 17.3 Å². The third kappa shape index (κ3) is 2.58. The maximum atomic E-state index is 11.4. The standard InChI is InChI=1S/C12H20O3/c1-8(13)5-6-10-9(11(14)15-4)7-12(10,2)3/h9-10H,5-7H2,1-4H3. The summed E-state index contributed by atoms with van der Waals surface area (Å²) in [5.74, 6) is 0.377. The molecule has 2 atom stereocenters. The predicted molar refractivity (Wildman–Crippen MR) is 57.3 cm³/mol. The molecule has 1 rings (SSSR count). The third-order valence-corrected chi connectivity index (χ3v) is 3.55. The first kappa shape index (κ1) is 12.2. The lowest BCUT2D eigenvalue weighted by molar-refractivity contribution is -0.161. The Kier molecular flexibility index (Phi) is 3.53. The third-order valence-electron chi connectivity index (χ3n) is 3.55. The summed E-state index contributed by atoms with van der Waals surface area (Å²) in [6.45, 7) is 5.90. The number of rotatable bonds is 4. The van der Waals surface area contributed by atoms with Crippen molar-refractivity contribution in [2.24, 2.45) is 17.3 Å². The van der Waals surface area contributed by atoms with Crippen LogP contribution in [0.25, 0.3) is 0 Å². The van der Waals surface area contributed by atoms with Gasteiger partial charge < -0.3 is 9.53 Å². The van der Waals surface area contributed by atoms with Crippen LogP contribution in [-0.2, 0) is 14.3 Å². The van der Waals surface area contributed by atoms with Crippen LogP contribution in [0.5, 0.6) is 0 Å². The van der Waals surface area contributed by atoms with Crippen molar-refractivity contribution in [1.82, 2.24) is 0 Å². The topological polar surface area (TPSA) is 43.4 Å². The first-order chi connectivity index (χ1) is 6.88. The molecule has 0 saturated heterocycles. The van der Waals surface area contributed by atoms with Crippen LogP contribution in [0.15, 0.2) is 0 Å². The van der Waals surface area contributed by atoms with Crippen molar-refractivity contribution in [3.63, 3.8) is 0 Å². The fourth-order valence-corrected chi connectivity index (χ4v) is 2.59. The predicted octanol–water partition coefficient (Wildman–Crippen LogP) is 2.19. The molecule has 0 bridgehead atoms. The molecule has 2 unspecified atom stereocenters. The van der Waals surface area contributed by atoms with E-state index in [1.807, 2.05) is 0 Å². The SMILES string of the molecule is COC(=O)C1CC(C)(C)C1CCC(C)=O. The second-order valence-corrected chi connectivity index (χ2v) is 5.17. The Morgan fingerprint density at radius 3 is 2.40 bits per heavy atom. The Balaban J connectivity index is 2.56. The van der Waals surface area contributed by atoms with Gasteiger partial charge in [-0.15, -0.1) is 0 Å². The van der Waals surface area contributed by atoms with E-state index in [0.717, 1.165) is 12.8 Å². The molecule has 1 aliphatic carbocycles. The van der Waals surface area contributed by atoms with E-state index < -0.39 is 0 Å². The minimum Gasteiger partial charge on any atom is -0.469 e. The van der Waals surface area contributed by atoms with Gasteiger partial charge in [0.15, 0.2) is 0 Å². The largest absolute Gasteiger partial charge is 0.469 e. The minimum absolute atomic E-state index is 0.00403. The fraction of sp³-hybridized carbons (Fsp3) is 0.833. The normalized spacial score (nSPS) is 28.0. The van der Waals surface area contributed by atoms with Crippen LogP contribution in [0.3, 0.4) is 0 Å². The van der Waals surface area contributed by atoms with Gasteiger partial charge in [0, 0.05) is 6.42 Å². The lowest BCUT2D eigenvalue weighted by Crippen LogP contribution is -2.48. The van der Waals surface area contributed by atoms with Gasteiger partial charge in [-0.25, -0.2) is 0 Å². The summed E-state index contributed by atoms with van der Waals surface area (Å²) in [6, 6.07) is 0. The van der Waals surface area contributed by atoms with E-state index in [2.05, 4.69) is 13.8 Å². The number of esters is 1. The van der Waals surface area contributed by atoms with Gasteiger partial charge in [0.2, 0.25) is 0 Å². The second kappa shape index (κ2) is 4.33. The molecule has 3 nitrogen and oxygen atoms in total. The quantitative estimate of drug-likeness (QED) is 0.671. The van der Waals surface area contributed by atoms with Crippen molar-refractivity contribution >= 4 is 11.8 Å². The maximum Gasteiger partial charge on any atom is 0.308 e. The van der Waals surface area contributed by atoms with Crippen LogP contribution in [0.4, 0.5) is 0 Å². The Bertz CT molecular complexity index is 268. The molecular formula is C12H20O3. The molecule has 1 aliphatic rings. The highest BCUT2D eigenvalue weighted by molar-refractivity contribution is 5.76. The highest BCUT2D eigenvalue weighted by Crippen LogP contribution is 2.53. The van der Waals surface area contributed by atoms with Gasteiger partial charge in [-0.1, -0.05) is 13.8 Å². The first-order valence-electron chi connectivity index (χ1n) is 5.45. The van der Waals surface area contributed by atoms with E-state index in [1.165, 1.54) is 7.11 Å². The minimum atomic E-state index is -0.122. The van der Waals surface area contributed by atoms with Gasteiger partial charge in [0.25, 0.3) is 0 Å². The molecule has 0 spiro atoms.